The lowest BCUT2D eigenvalue weighted by molar-refractivity contribution is -0.154. The van der Waals surface area contributed by atoms with E-state index < -0.39 is 24.7 Å². The van der Waals surface area contributed by atoms with Crippen molar-refractivity contribution in [3.8, 4) is 5.88 Å². The number of aliphatic hydroxyl groups is 1. The molecule has 0 spiro atoms. The molecule has 1 aliphatic heterocycles. The number of carbonyl (C=O) groups is 2. The van der Waals surface area contributed by atoms with E-state index in [9.17, 15) is 22.8 Å². The van der Waals surface area contributed by atoms with Crippen LogP contribution in [0, 0.1) is 6.92 Å². The monoisotopic (exact) mass is 482 g/mol. The van der Waals surface area contributed by atoms with Gasteiger partial charge in [-0.3, -0.25) is 14.6 Å². The number of nitrogens with zero attached hydrogens (tertiary/aromatic N) is 3. The second kappa shape index (κ2) is 10.8. The third-order valence-corrected chi connectivity index (χ3v) is 5.23. The van der Waals surface area contributed by atoms with Gasteiger partial charge in [0.2, 0.25) is 5.88 Å². The Hall–Kier alpha value is -3.25. The Morgan fingerprint density at radius 1 is 1.32 bits per heavy atom. The Morgan fingerprint density at radius 2 is 2.09 bits per heavy atom. The number of aromatic nitrogens is 2. The van der Waals surface area contributed by atoms with Crippen molar-refractivity contribution in [2.75, 3.05) is 33.0 Å². The highest BCUT2D eigenvalue weighted by atomic mass is 19.4. The van der Waals surface area contributed by atoms with Gasteiger partial charge in [0.05, 0.1) is 25.9 Å². The predicted octanol–water partition coefficient (Wildman–Crippen LogP) is 2.18. The number of rotatable bonds is 10. The summed E-state index contributed by atoms with van der Waals surface area (Å²) in [6.07, 6.45) is -1.71. The number of ether oxygens (including phenoxy) is 2. The molecule has 2 aromatic heterocycles. The van der Waals surface area contributed by atoms with Gasteiger partial charge in [-0.2, -0.15) is 13.2 Å². The van der Waals surface area contributed by atoms with Crippen molar-refractivity contribution >= 4 is 11.8 Å². The van der Waals surface area contributed by atoms with Crippen LogP contribution in [0.25, 0.3) is 0 Å². The number of amides is 2. The fraction of sp³-hybridized carbons (Fsp3) is 0.455. The number of pyridine rings is 2. The molecule has 184 valence electrons. The molecule has 0 fully saturated rings. The number of carbonyl (C=O) groups excluding carboxylic acids is 2. The van der Waals surface area contributed by atoms with Crippen molar-refractivity contribution in [3.05, 3.63) is 52.5 Å². The first-order chi connectivity index (χ1) is 16.1. The number of hydrogen-bond donors (Lipinski definition) is 2. The van der Waals surface area contributed by atoms with Gasteiger partial charge in [-0.15, -0.1) is 0 Å². The van der Waals surface area contributed by atoms with Crippen LogP contribution >= 0.6 is 0 Å². The summed E-state index contributed by atoms with van der Waals surface area (Å²) < 4.78 is 47.1. The fourth-order valence-corrected chi connectivity index (χ4v) is 3.54. The second-order valence-electron chi connectivity index (χ2n) is 7.68. The van der Waals surface area contributed by atoms with Gasteiger partial charge in [0.25, 0.3) is 11.8 Å². The smallest absolute Gasteiger partial charge is 0.422 e. The summed E-state index contributed by atoms with van der Waals surface area (Å²) in [7, 11) is 0. The van der Waals surface area contributed by atoms with Crippen molar-refractivity contribution in [2.45, 2.75) is 32.6 Å². The molecular formula is C22H25F3N4O5. The van der Waals surface area contributed by atoms with Crippen molar-refractivity contribution in [1.82, 2.24) is 20.2 Å². The molecule has 3 heterocycles. The molecule has 0 bridgehead atoms. The maximum atomic E-state index is 13.0. The Bertz CT molecular complexity index is 1050. The van der Waals surface area contributed by atoms with E-state index in [0.29, 0.717) is 22.3 Å². The highest BCUT2D eigenvalue weighted by Crippen LogP contribution is 2.33. The Balaban J connectivity index is 1.71. The summed E-state index contributed by atoms with van der Waals surface area (Å²) in [5.41, 5.74) is 2.00. The van der Waals surface area contributed by atoms with Crippen LogP contribution in [0.3, 0.4) is 0 Å². The van der Waals surface area contributed by atoms with Crippen LogP contribution in [-0.4, -0.2) is 70.9 Å². The molecule has 1 atom stereocenters. The highest BCUT2D eigenvalue weighted by Gasteiger charge is 2.35. The summed E-state index contributed by atoms with van der Waals surface area (Å²) in [6, 6.07) is 2.70. The van der Waals surface area contributed by atoms with Gasteiger partial charge in [0.1, 0.15) is 5.69 Å². The molecule has 1 aliphatic rings. The highest BCUT2D eigenvalue weighted by molar-refractivity contribution is 6.03. The lowest BCUT2D eigenvalue weighted by atomic mass is 10.1. The van der Waals surface area contributed by atoms with E-state index in [1.165, 1.54) is 12.4 Å². The summed E-state index contributed by atoms with van der Waals surface area (Å²) in [4.78, 5) is 35.3. The quantitative estimate of drug-likeness (QED) is 0.499. The van der Waals surface area contributed by atoms with Gasteiger partial charge < -0.3 is 24.8 Å². The van der Waals surface area contributed by atoms with Gasteiger partial charge in [-0.05, 0) is 31.5 Å². The van der Waals surface area contributed by atoms with E-state index >= 15 is 0 Å². The number of fused-ring (bicyclic) bond motifs is 1. The van der Waals surface area contributed by atoms with E-state index in [-0.39, 0.29) is 50.4 Å². The maximum Gasteiger partial charge on any atom is 0.422 e. The van der Waals surface area contributed by atoms with Crippen LogP contribution < -0.4 is 10.1 Å². The van der Waals surface area contributed by atoms with Gasteiger partial charge in [-0.1, -0.05) is 0 Å². The molecule has 2 aromatic rings. The standard InChI is InChI=1S/C22H25F3N4O5/c1-13-9-15(10-28-20(13)34-12-22(23,24)25)14(2)29-11-17-16(21(29)32)3-4-26-18(17)19(31)27-5-7-33-8-6-30/h3-4,9-10,14,30H,5-8,11-12H2,1-2H3,(H,27,31). The van der Waals surface area contributed by atoms with E-state index in [0.717, 1.165) is 0 Å². The Morgan fingerprint density at radius 3 is 2.76 bits per heavy atom. The molecule has 0 aliphatic carbocycles. The number of alkyl halides is 3. The third-order valence-electron chi connectivity index (χ3n) is 5.23. The summed E-state index contributed by atoms with van der Waals surface area (Å²) >= 11 is 0. The molecule has 0 saturated carbocycles. The summed E-state index contributed by atoms with van der Waals surface area (Å²) in [5, 5.41) is 11.4. The normalized spacial score (nSPS) is 14.2. The molecule has 2 amide bonds. The van der Waals surface area contributed by atoms with Crippen LogP contribution in [0.15, 0.2) is 24.5 Å². The topological polar surface area (TPSA) is 114 Å². The molecule has 3 rings (SSSR count). The van der Waals surface area contributed by atoms with Crippen molar-refractivity contribution in [1.29, 1.82) is 0 Å². The number of halogens is 3. The van der Waals surface area contributed by atoms with Crippen molar-refractivity contribution in [3.63, 3.8) is 0 Å². The first kappa shape index (κ1) is 25.4. The van der Waals surface area contributed by atoms with Gasteiger partial charge in [-0.25, -0.2) is 4.98 Å². The molecule has 12 heteroatoms. The average molecular weight is 482 g/mol. The van der Waals surface area contributed by atoms with Crippen LogP contribution in [0.4, 0.5) is 13.2 Å². The zero-order chi connectivity index (χ0) is 24.9. The molecular weight excluding hydrogens is 457 g/mol. The summed E-state index contributed by atoms with van der Waals surface area (Å²) in [6.45, 7) is 2.52. The number of aryl methyl sites for hydroxylation is 1. The second-order valence-corrected chi connectivity index (χ2v) is 7.68. The molecule has 34 heavy (non-hydrogen) atoms. The largest absolute Gasteiger partial charge is 0.468 e. The zero-order valence-electron chi connectivity index (χ0n) is 18.7. The van der Waals surface area contributed by atoms with E-state index in [1.807, 2.05) is 0 Å². The molecule has 0 aromatic carbocycles. The first-order valence-corrected chi connectivity index (χ1v) is 10.5. The van der Waals surface area contributed by atoms with Crippen LogP contribution in [0.2, 0.25) is 0 Å². The van der Waals surface area contributed by atoms with Crippen LogP contribution in [-0.2, 0) is 11.3 Å². The zero-order valence-corrected chi connectivity index (χ0v) is 18.7. The lowest BCUT2D eigenvalue weighted by Crippen LogP contribution is -2.29. The molecule has 1 unspecified atom stereocenters. The van der Waals surface area contributed by atoms with Gasteiger partial charge in [0.15, 0.2) is 6.61 Å². The molecule has 9 nitrogen and oxygen atoms in total. The minimum atomic E-state index is -4.47. The number of nitrogens with one attached hydrogen (secondary N) is 1. The minimum Gasteiger partial charge on any atom is -0.468 e. The number of hydrogen-bond acceptors (Lipinski definition) is 7. The molecule has 2 N–H and O–H groups in total. The molecule has 0 radical (unpaired) electrons. The Kier molecular flexibility index (Phi) is 8.05. The van der Waals surface area contributed by atoms with Crippen LogP contribution in [0.5, 0.6) is 5.88 Å². The summed E-state index contributed by atoms with van der Waals surface area (Å²) in [5.74, 6) is -0.869. The fourth-order valence-electron chi connectivity index (χ4n) is 3.54. The van der Waals surface area contributed by atoms with E-state index in [2.05, 4.69) is 15.3 Å². The number of aliphatic hydroxyl groups excluding tert-OH is 1. The molecule has 0 saturated heterocycles. The maximum absolute atomic E-state index is 13.0. The third kappa shape index (κ3) is 6.00. The van der Waals surface area contributed by atoms with E-state index in [1.54, 1.807) is 30.9 Å². The van der Waals surface area contributed by atoms with Crippen molar-refractivity contribution < 1.29 is 37.3 Å². The SMILES string of the molecule is Cc1cc(C(C)N2Cc3c(ccnc3C(=O)NCCOCCO)C2=O)cnc1OCC(F)(F)F. The van der Waals surface area contributed by atoms with Gasteiger partial charge in [0, 0.05) is 42.2 Å². The first-order valence-electron chi connectivity index (χ1n) is 10.5. The van der Waals surface area contributed by atoms with E-state index in [4.69, 9.17) is 14.6 Å². The minimum absolute atomic E-state index is 0.115. The van der Waals surface area contributed by atoms with Crippen LogP contribution in [0.1, 0.15) is 50.5 Å². The average Bonchev–Trinajstić information content (AvgIpc) is 3.13. The predicted molar refractivity (Wildman–Crippen MR) is 113 cm³/mol. The van der Waals surface area contributed by atoms with Crippen molar-refractivity contribution in [2.24, 2.45) is 0 Å². The van der Waals surface area contributed by atoms with Gasteiger partial charge >= 0.3 is 6.18 Å². The lowest BCUT2D eigenvalue weighted by Gasteiger charge is -2.25. The Labute approximate surface area is 193 Å².